The third-order valence-corrected chi connectivity index (χ3v) is 4.05. The number of benzene rings is 1. The first-order valence-corrected chi connectivity index (χ1v) is 6.18. The van der Waals surface area contributed by atoms with E-state index in [0.717, 1.165) is 18.4 Å². The molecule has 0 N–H and O–H groups in total. The normalized spacial score (nSPS) is 30.7. The van der Waals surface area contributed by atoms with E-state index >= 15 is 0 Å². The molecule has 1 heteroatoms. The van der Waals surface area contributed by atoms with E-state index in [1.807, 2.05) is 0 Å². The molecule has 0 unspecified atom stereocenters. The van der Waals surface area contributed by atoms with E-state index in [2.05, 4.69) is 35.2 Å². The Kier molecular flexibility index (Phi) is 2.49. The van der Waals surface area contributed by atoms with Crippen LogP contribution >= 0.6 is 0 Å². The molecule has 2 fully saturated rings. The minimum atomic E-state index is 1.02. The molecule has 0 amide bonds. The number of rotatable bonds is 2. The fourth-order valence-corrected chi connectivity index (χ4v) is 3.30. The number of hydrogen-bond acceptors (Lipinski definition) is 1. The predicted octanol–water partition coefficient (Wildman–Crippen LogP) is 2.92. The lowest BCUT2D eigenvalue weighted by atomic mass is 10.0. The highest BCUT2D eigenvalue weighted by atomic mass is 15.2. The van der Waals surface area contributed by atoms with Crippen molar-refractivity contribution in [1.29, 1.82) is 0 Å². The van der Waals surface area contributed by atoms with Crippen molar-refractivity contribution in [2.75, 3.05) is 13.1 Å². The van der Waals surface area contributed by atoms with Gasteiger partial charge in [0.2, 0.25) is 0 Å². The van der Waals surface area contributed by atoms with Crippen LogP contribution < -0.4 is 0 Å². The molecule has 1 aromatic rings. The molecule has 1 aliphatic heterocycles. The average molecular weight is 201 g/mol. The Morgan fingerprint density at radius 3 is 2.33 bits per heavy atom. The molecule has 1 aliphatic carbocycles. The van der Waals surface area contributed by atoms with Crippen molar-refractivity contribution in [2.45, 2.75) is 25.8 Å². The van der Waals surface area contributed by atoms with Crippen molar-refractivity contribution in [3.8, 4) is 0 Å². The number of likely N-dealkylation sites (tertiary alicyclic amines) is 1. The Morgan fingerprint density at radius 2 is 1.67 bits per heavy atom. The zero-order chi connectivity index (χ0) is 10.1. The molecule has 0 radical (unpaired) electrons. The smallest absolute Gasteiger partial charge is 0.0233 e. The molecule has 3 rings (SSSR count). The zero-order valence-electron chi connectivity index (χ0n) is 9.23. The highest BCUT2D eigenvalue weighted by molar-refractivity contribution is 5.14. The molecule has 2 aliphatic rings. The van der Waals surface area contributed by atoms with Gasteiger partial charge in [0.25, 0.3) is 0 Å². The number of nitrogens with zero attached hydrogens (tertiary/aromatic N) is 1. The second kappa shape index (κ2) is 3.97. The predicted molar refractivity (Wildman–Crippen MR) is 62.6 cm³/mol. The molecule has 0 bridgehead atoms. The van der Waals surface area contributed by atoms with E-state index in [0.29, 0.717) is 0 Å². The Balaban J connectivity index is 1.62. The molecule has 0 aromatic heterocycles. The number of hydrogen-bond donors (Lipinski definition) is 0. The van der Waals surface area contributed by atoms with Crippen LogP contribution in [0.3, 0.4) is 0 Å². The van der Waals surface area contributed by atoms with Gasteiger partial charge in [-0.1, -0.05) is 36.8 Å². The molecule has 1 saturated heterocycles. The Hall–Kier alpha value is -0.820. The van der Waals surface area contributed by atoms with Gasteiger partial charge in [0.15, 0.2) is 0 Å². The summed E-state index contributed by atoms with van der Waals surface area (Å²) in [5.74, 6) is 2.04. The summed E-state index contributed by atoms with van der Waals surface area (Å²) < 4.78 is 0. The van der Waals surface area contributed by atoms with Crippen LogP contribution in [0.1, 0.15) is 24.8 Å². The molecule has 1 aromatic carbocycles. The third kappa shape index (κ3) is 1.93. The topological polar surface area (TPSA) is 3.24 Å². The van der Waals surface area contributed by atoms with Gasteiger partial charge in [-0.25, -0.2) is 0 Å². The fraction of sp³-hybridized carbons (Fsp3) is 0.571. The summed E-state index contributed by atoms with van der Waals surface area (Å²) in [7, 11) is 0. The Morgan fingerprint density at radius 1 is 1.00 bits per heavy atom. The summed E-state index contributed by atoms with van der Waals surface area (Å²) in [5.41, 5.74) is 1.47. The minimum Gasteiger partial charge on any atom is -0.299 e. The molecule has 80 valence electrons. The van der Waals surface area contributed by atoms with E-state index in [1.165, 1.54) is 37.9 Å². The van der Waals surface area contributed by atoms with E-state index in [9.17, 15) is 0 Å². The van der Waals surface area contributed by atoms with Crippen LogP contribution in [-0.2, 0) is 6.54 Å². The van der Waals surface area contributed by atoms with Gasteiger partial charge < -0.3 is 0 Å². The molecule has 1 heterocycles. The second-order valence-electron chi connectivity index (χ2n) is 5.13. The van der Waals surface area contributed by atoms with Gasteiger partial charge in [-0.05, 0) is 30.2 Å². The van der Waals surface area contributed by atoms with Gasteiger partial charge >= 0.3 is 0 Å². The van der Waals surface area contributed by atoms with Crippen LogP contribution in [0.4, 0.5) is 0 Å². The van der Waals surface area contributed by atoms with E-state index in [4.69, 9.17) is 0 Å². The van der Waals surface area contributed by atoms with E-state index < -0.39 is 0 Å². The maximum absolute atomic E-state index is 2.64. The van der Waals surface area contributed by atoms with Crippen molar-refractivity contribution in [1.82, 2.24) is 4.90 Å². The van der Waals surface area contributed by atoms with Gasteiger partial charge in [-0.15, -0.1) is 0 Å². The summed E-state index contributed by atoms with van der Waals surface area (Å²) in [5, 5.41) is 0. The van der Waals surface area contributed by atoms with Gasteiger partial charge in [0.05, 0.1) is 0 Å². The molecule has 0 spiro atoms. The van der Waals surface area contributed by atoms with Gasteiger partial charge in [0.1, 0.15) is 0 Å². The SMILES string of the molecule is c1ccc(CN2C[C@@H]3CCC[C@H]3C2)cc1. The molecular formula is C14H19N. The second-order valence-corrected chi connectivity index (χ2v) is 5.13. The summed E-state index contributed by atoms with van der Waals surface area (Å²) in [6.07, 6.45) is 4.44. The van der Waals surface area contributed by atoms with Crippen LogP contribution in [0.25, 0.3) is 0 Å². The summed E-state index contributed by atoms with van der Waals surface area (Å²) in [6, 6.07) is 10.9. The van der Waals surface area contributed by atoms with Gasteiger partial charge in [-0.3, -0.25) is 4.90 Å². The lowest BCUT2D eigenvalue weighted by molar-refractivity contribution is 0.303. The largest absolute Gasteiger partial charge is 0.299 e. The monoisotopic (exact) mass is 201 g/mol. The van der Waals surface area contributed by atoms with E-state index in [-0.39, 0.29) is 0 Å². The highest BCUT2D eigenvalue weighted by Gasteiger charge is 2.35. The van der Waals surface area contributed by atoms with Crippen molar-refractivity contribution in [2.24, 2.45) is 11.8 Å². The molecule has 1 nitrogen and oxygen atoms in total. The van der Waals surface area contributed by atoms with Crippen LogP contribution in [0.2, 0.25) is 0 Å². The standard InChI is InChI=1S/C14H19N/c1-2-5-12(6-3-1)9-15-10-13-7-4-8-14(13)11-15/h1-3,5-6,13-14H,4,7-11H2/t13-,14-/m0/s1. The fourth-order valence-electron chi connectivity index (χ4n) is 3.30. The first kappa shape index (κ1) is 9.41. The Labute approximate surface area is 92.1 Å². The average Bonchev–Trinajstić information content (AvgIpc) is 2.79. The molecule has 15 heavy (non-hydrogen) atoms. The Bertz CT molecular complexity index is 307. The van der Waals surface area contributed by atoms with Crippen LogP contribution in [0, 0.1) is 11.8 Å². The van der Waals surface area contributed by atoms with Crippen molar-refractivity contribution in [3.05, 3.63) is 35.9 Å². The van der Waals surface area contributed by atoms with Crippen molar-refractivity contribution < 1.29 is 0 Å². The maximum Gasteiger partial charge on any atom is 0.0233 e. The summed E-state index contributed by atoms with van der Waals surface area (Å²) in [4.78, 5) is 2.64. The van der Waals surface area contributed by atoms with Crippen LogP contribution in [0.5, 0.6) is 0 Å². The van der Waals surface area contributed by atoms with Crippen molar-refractivity contribution >= 4 is 0 Å². The van der Waals surface area contributed by atoms with Crippen LogP contribution in [0.15, 0.2) is 30.3 Å². The van der Waals surface area contributed by atoms with E-state index in [1.54, 1.807) is 0 Å². The first-order chi connectivity index (χ1) is 7.42. The lowest BCUT2D eigenvalue weighted by Crippen LogP contribution is -2.20. The quantitative estimate of drug-likeness (QED) is 0.711. The number of fused-ring (bicyclic) bond motifs is 1. The summed E-state index contributed by atoms with van der Waals surface area (Å²) in [6.45, 7) is 3.85. The molecule has 2 atom stereocenters. The van der Waals surface area contributed by atoms with Crippen molar-refractivity contribution in [3.63, 3.8) is 0 Å². The van der Waals surface area contributed by atoms with Gasteiger partial charge in [-0.2, -0.15) is 0 Å². The lowest BCUT2D eigenvalue weighted by Gasteiger charge is -2.16. The molecular weight excluding hydrogens is 182 g/mol. The maximum atomic E-state index is 2.64. The van der Waals surface area contributed by atoms with Crippen LogP contribution in [-0.4, -0.2) is 18.0 Å². The third-order valence-electron chi connectivity index (χ3n) is 4.05. The minimum absolute atomic E-state index is 1.02. The highest BCUT2D eigenvalue weighted by Crippen LogP contribution is 2.38. The summed E-state index contributed by atoms with van der Waals surface area (Å²) >= 11 is 0. The van der Waals surface area contributed by atoms with Gasteiger partial charge in [0, 0.05) is 19.6 Å². The zero-order valence-corrected chi connectivity index (χ0v) is 9.23. The first-order valence-electron chi connectivity index (χ1n) is 6.18. The molecule has 1 saturated carbocycles.